The van der Waals surface area contributed by atoms with E-state index in [4.69, 9.17) is 10.8 Å². The zero-order valence-electron chi connectivity index (χ0n) is 6.07. The van der Waals surface area contributed by atoms with E-state index in [9.17, 15) is 0 Å². The van der Waals surface area contributed by atoms with E-state index < -0.39 is 0 Å². The Morgan fingerprint density at radius 3 is 1.11 bits per heavy atom. The van der Waals surface area contributed by atoms with Crippen LogP contribution in [0.5, 0.6) is 0 Å². The Hall–Kier alpha value is -1.14. The predicted molar refractivity (Wildman–Crippen MR) is 42.2 cm³/mol. The standard InChI is InChI=1S/2C3H6.CH2N2/c2*1-3-2;2-1-3/h2*3H,1H2,2H3;2-3H. The Labute approximate surface area is 56.9 Å². The van der Waals surface area contributed by atoms with Crippen LogP contribution in [0.3, 0.4) is 0 Å². The van der Waals surface area contributed by atoms with Gasteiger partial charge in [-0.05, 0) is 13.8 Å². The van der Waals surface area contributed by atoms with E-state index in [1.807, 2.05) is 13.8 Å². The number of rotatable bonds is 0. The summed E-state index contributed by atoms with van der Waals surface area (Å²) in [6, 6.07) is 1.25. The van der Waals surface area contributed by atoms with Crippen LogP contribution in [0.2, 0.25) is 0 Å². The normalized spacial score (nSPS) is 3.78. The van der Waals surface area contributed by atoms with Gasteiger partial charge in [0.15, 0.2) is 0 Å². The van der Waals surface area contributed by atoms with Crippen molar-refractivity contribution in [1.82, 2.24) is 0 Å². The van der Waals surface area contributed by atoms with E-state index in [2.05, 4.69) is 13.2 Å². The molecule has 0 unspecified atom stereocenters. The van der Waals surface area contributed by atoms with Crippen molar-refractivity contribution in [1.29, 1.82) is 10.8 Å². The van der Waals surface area contributed by atoms with Gasteiger partial charge in [-0.3, -0.25) is 0 Å². The van der Waals surface area contributed by atoms with Crippen LogP contribution in [0.4, 0.5) is 0 Å². The predicted octanol–water partition coefficient (Wildman–Crippen LogP) is 2.70. The smallest absolute Gasteiger partial charge is 0.0831 e. The molecule has 2 heteroatoms. The molecule has 2 N–H and O–H groups in total. The van der Waals surface area contributed by atoms with Crippen LogP contribution in [0.15, 0.2) is 25.3 Å². The highest BCUT2D eigenvalue weighted by atomic mass is 14.4. The zero-order valence-corrected chi connectivity index (χ0v) is 6.07. The van der Waals surface area contributed by atoms with Crippen molar-refractivity contribution >= 4 is 6.01 Å². The highest BCUT2D eigenvalue weighted by molar-refractivity contribution is 5.29. The molecule has 0 heterocycles. The van der Waals surface area contributed by atoms with Gasteiger partial charge in [0.1, 0.15) is 0 Å². The molecule has 0 aliphatic heterocycles. The Morgan fingerprint density at radius 2 is 1.11 bits per heavy atom. The fraction of sp³-hybridized carbons (Fsp3) is 0.286. The third-order valence-electron chi connectivity index (χ3n) is 0. The number of allylic oxidation sites excluding steroid dienone is 2. The minimum atomic E-state index is 1.25. The molecule has 0 fully saturated rings. The van der Waals surface area contributed by atoms with Crippen molar-refractivity contribution in [2.75, 3.05) is 0 Å². The second kappa shape index (κ2) is 68.1. The molecule has 0 rings (SSSR count). The van der Waals surface area contributed by atoms with Crippen molar-refractivity contribution in [3.8, 4) is 0 Å². The molecule has 2 nitrogen and oxygen atoms in total. The van der Waals surface area contributed by atoms with Crippen molar-refractivity contribution in [3.05, 3.63) is 25.3 Å². The fourth-order valence-electron chi connectivity index (χ4n) is 0. The molecule has 0 bridgehead atoms. The molecule has 0 aromatic rings. The average molecular weight is 126 g/mol. The maximum atomic E-state index is 5.62. The molecule has 0 atom stereocenters. The second-order valence-electron chi connectivity index (χ2n) is 0.941. The lowest BCUT2D eigenvalue weighted by atomic mass is 10.8. The third-order valence-corrected chi connectivity index (χ3v) is 0. The molecule has 0 spiro atoms. The quantitative estimate of drug-likeness (QED) is 0.370. The molecule has 0 aromatic carbocycles. The van der Waals surface area contributed by atoms with Gasteiger partial charge in [-0.2, -0.15) is 0 Å². The van der Waals surface area contributed by atoms with Gasteiger partial charge >= 0.3 is 0 Å². The fourth-order valence-corrected chi connectivity index (χ4v) is 0. The maximum Gasteiger partial charge on any atom is 0.0831 e. The summed E-state index contributed by atoms with van der Waals surface area (Å²) in [5.74, 6) is 0. The van der Waals surface area contributed by atoms with Crippen LogP contribution in [0.1, 0.15) is 13.8 Å². The molecule has 0 amide bonds. The van der Waals surface area contributed by atoms with Crippen LogP contribution < -0.4 is 0 Å². The first-order chi connectivity index (χ1) is 4.24. The minimum absolute atomic E-state index is 1.25. The monoisotopic (exact) mass is 126 g/mol. The lowest BCUT2D eigenvalue weighted by Gasteiger charge is -1.31. The van der Waals surface area contributed by atoms with Crippen LogP contribution in [0.25, 0.3) is 0 Å². The molecule has 52 valence electrons. The number of nitrogens with one attached hydrogen (secondary N) is 2. The van der Waals surface area contributed by atoms with Crippen molar-refractivity contribution in [2.45, 2.75) is 13.8 Å². The Morgan fingerprint density at radius 1 is 1.11 bits per heavy atom. The summed E-state index contributed by atoms with van der Waals surface area (Å²) >= 11 is 0. The zero-order chi connectivity index (χ0) is 8.12. The summed E-state index contributed by atoms with van der Waals surface area (Å²) in [6.45, 7) is 10.5. The van der Waals surface area contributed by atoms with E-state index in [-0.39, 0.29) is 0 Å². The highest BCUT2D eigenvalue weighted by Crippen LogP contribution is 1.38. The lowest BCUT2D eigenvalue weighted by molar-refractivity contribution is 1.47. The lowest BCUT2D eigenvalue weighted by Crippen LogP contribution is -1.11. The number of hydrogen-bond acceptors (Lipinski definition) is 2. The van der Waals surface area contributed by atoms with Crippen LogP contribution in [-0.2, 0) is 0 Å². The van der Waals surface area contributed by atoms with Gasteiger partial charge in [-0.1, -0.05) is 12.2 Å². The first-order valence-corrected chi connectivity index (χ1v) is 2.47. The summed E-state index contributed by atoms with van der Waals surface area (Å²) in [5, 5.41) is 11.2. The topological polar surface area (TPSA) is 47.7 Å². The summed E-state index contributed by atoms with van der Waals surface area (Å²) in [6.07, 6.45) is 3.50. The Balaban J connectivity index is -0.0000000600. The maximum absolute atomic E-state index is 5.62. The first kappa shape index (κ1) is 15.7. The first-order valence-electron chi connectivity index (χ1n) is 2.47. The minimum Gasteiger partial charge on any atom is -0.242 e. The van der Waals surface area contributed by atoms with Gasteiger partial charge in [-0.15, -0.1) is 13.2 Å². The SMILES string of the molecule is C=CC.C=CC.N=C=N. The van der Waals surface area contributed by atoms with Gasteiger partial charge in [0.05, 0.1) is 6.01 Å². The largest absolute Gasteiger partial charge is 0.242 e. The highest BCUT2D eigenvalue weighted by Gasteiger charge is 1.15. The van der Waals surface area contributed by atoms with Gasteiger partial charge in [0.25, 0.3) is 0 Å². The molecular weight excluding hydrogens is 112 g/mol. The second-order valence-corrected chi connectivity index (χ2v) is 0.941. The van der Waals surface area contributed by atoms with E-state index in [0.717, 1.165) is 0 Å². The van der Waals surface area contributed by atoms with Crippen molar-refractivity contribution < 1.29 is 0 Å². The molecular formula is C7H14N2. The van der Waals surface area contributed by atoms with Crippen LogP contribution >= 0.6 is 0 Å². The van der Waals surface area contributed by atoms with Gasteiger partial charge < -0.3 is 0 Å². The molecule has 0 saturated heterocycles. The summed E-state index contributed by atoms with van der Waals surface area (Å²) < 4.78 is 0. The van der Waals surface area contributed by atoms with E-state index >= 15 is 0 Å². The molecule has 0 aromatic heterocycles. The van der Waals surface area contributed by atoms with Gasteiger partial charge in [0.2, 0.25) is 0 Å². The summed E-state index contributed by atoms with van der Waals surface area (Å²) in [7, 11) is 0. The molecule has 0 aliphatic rings. The molecule has 0 radical (unpaired) electrons. The molecule has 0 aliphatic carbocycles. The third kappa shape index (κ3) is 125. The van der Waals surface area contributed by atoms with E-state index in [0.29, 0.717) is 0 Å². The van der Waals surface area contributed by atoms with Gasteiger partial charge in [0, 0.05) is 0 Å². The summed E-state index contributed by atoms with van der Waals surface area (Å²) in [4.78, 5) is 0. The van der Waals surface area contributed by atoms with Crippen LogP contribution in [0, 0.1) is 10.8 Å². The molecule has 9 heavy (non-hydrogen) atoms. The van der Waals surface area contributed by atoms with E-state index in [1.165, 1.54) is 6.01 Å². The Kier molecular flexibility index (Phi) is 118. The van der Waals surface area contributed by atoms with Crippen molar-refractivity contribution in [2.24, 2.45) is 0 Å². The average Bonchev–Trinajstić information content (AvgIpc) is 1.70. The summed E-state index contributed by atoms with van der Waals surface area (Å²) in [5.41, 5.74) is 0. The molecule has 0 saturated carbocycles. The Bertz CT molecular complexity index is 72.9. The van der Waals surface area contributed by atoms with E-state index in [1.54, 1.807) is 12.2 Å². The number of hydrogen-bond donors (Lipinski definition) is 2. The van der Waals surface area contributed by atoms with Crippen molar-refractivity contribution in [3.63, 3.8) is 0 Å². The van der Waals surface area contributed by atoms with Crippen LogP contribution in [-0.4, -0.2) is 6.01 Å². The van der Waals surface area contributed by atoms with Gasteiger partial charge in [-0.25, -0.2) is 10.8 Å².